The number of hydrogen-bond acceptors (Lipinski definition) is 7. The number of piperidine rings is 1. The molecule has 3 aromatic rings. The zero-order valence-corrected chi connectivity index (χ0v) is 18.9. The van der Waals surface area contributed by atoms with E-state index in [9.17, 15) is 8.42 Å². The van der Waals surface area contributed by atoms with Gasteiger partial charge in [-0.25, -0.2) is 13.4 Å². The molecule has 1 spiro atoms. The van der Waals surface area contributed by atoms with E-state index in [1.807, 2.05) is 30.5 Å². The Kier molecular flexibility index (Phi) is 5.27. The normalized spacial score (nSPS) is 19.2. The van der Waals surface area contributed by atoms with Gasteiger partial charge in [-0.3, -0.25) is 4.98 Å². The number of anilines is 1. The van der Waals surface area contributed by atoms with Crippen molar-refractivity contribution in [1.29, 1.82) is 0 Å². The molecule has 31 heavy (non-hydrogen) atoms. The number of hydrogen-bond donors (Lipinski definition) is 0. The van der Waals surface area contributed by atoms with Gasteiger partial charge in [-0.1, -0.05) is 12.1 Å². The van der Waals surface area contributed by atoms with Crippen molar-refractivity contribution in [2.75, 3.05) is 37.4 Å². The van der Waals surface area contributed by atoms with Crippen LogP contribution in [0, 0.1) is 0 Å². The summed E-state index contributed by atoms with van der Waals surface area (Å²) in [5, 5.41) is 0. The molecule has 0 atom stereocenters. The van der Waals surface area contributed by atoms with Crippen LogP contribution in [-0.4, -0.2) is 60.1 Å². The molecule has 0 N–H and O–H groups in total. The van der Waals surface area contributed by atoms with Gasteiger partial charge in [0.15, 0.2) is 0 Å². The summed E-state index contributed by atoms with van der Waals surface area (Å²) >= 11 is 1.76. The number of methoxy groups -OCH3 is 1. The highest BCUT2D eigenvalue weighted by Gasteiger charge is 2.50. The van der Waals surface area contributed by atoms with E-state index < -0.39 is 14.9 Å². The topological polar surface area (TPSA) is 75.6 Å². The van der Waals surface area contributed by atoms with E-state index >= 15 is 0 Å². The number of benzene rings is 2. The van der Waals surface area contributed by atoms with Crippen LogP contribution in [0.2, 0.25) is 0 Å². The van der Waals surface area contributed by atoms with Gasteiger partial charge < -0.3 is 9.64 Å². The fourth-order valence-corrected chi connectivity index (χ4v) is 8.00. The molecule has 162 valence electrons. The Labute approximate surface area is 186 Å². The first-order chi connectivity index (χ1) is 15.0. The maximum Gasteiger partial charge on any atom is 0.244 e. The molecule has 9 heteroatoms. The van der Waals surface area contributed by atoms with E-state index in [0.29, 0.717) is 17.2 Å². The molecule has 2 fully saturated rings. The Hall–Kier alpha value is -2.36. The van der Waals surface area contributed by atoms with Crippen molar-refractivity contribution in [1.82, 2.24) is 14.3 Å². The van der Waals surface area contributed by atoms with Crippen molar-refractivity contribution < 1.29 is 13.2 Å². The van der Waals surface area contributed by atoms with Gasteiger partial charge >= 0.3 is 0 Å². The van der Waals surface area contributed by atoms with Crippen LogP contribution in [0.5, 0.6) is 5.75 Å². The molecular weight excluding hydrogens is 432 g/mol. The Balaban J connectivity index is 1.36. The first kappa shape index (κ1) is 20.5. The average Bonchev–Trinajstić information content (AvgIpc) is 3.23. The van der Waals surface area contributed by atoms with E-state index in [-0.39, 0.29) is 0 Å². The predicted octanol–water partition coefficient (Wildman–Crippen LogP) is 3.37. The van der Waals surface area contributed by atoms with Crippen LogP contribution in [0.25, 0.3) is 11.0 Å². The first-order valence-electron chi connectivity index (χ1n) is 10.3. The molecule has 2 aliphatic heterocycles. The summed E-state index contributed by atoms with van der Waals surface area (Å²) < 4.78 is 33.8. The van der Waals surface area contributed by atoms with E-state index in [1.165, 1.54) is 0 Å². The van der Waals surface area contributed by atoms with Crippen LogP contribution in [0.4, 0.5) is 5.82 Å². The van der Waals surface area contributed by atoms with Crippen LogP contribution in [-0.2, 0) is 10.0 Å². The van der Waals surface area contributed by atoms with E-state index in [0.717, 1.165) is 48.5 Å². The smallest absolute Gasteiger partial charge is 0.244 e. The molecule has 0 radical (unpaired) electrons. The highest BCUT2D eigenvalue weighted by molar-refractivity contribution is 8.02. The van der Waals surface area contributed by atoms with Crippen molar-refractivity contribution >= 4 is 38.6 Å². The van der Waals surface area contributed by atoms with Crippen molar-refractivity contribution in [2.45, 2.75) is 22.6 Å². The summed E-state index contributed by atoms with van der Waals surface area (Å²) in [6.45, 7) is 2.03. The standard InChI is InChI=1S/C22H24N4O3S2/c1-29-17-6-8-18(9-7-17)31(27,28)26-14-15-30-22(26)10-12-25(13-11-22)21-16-23-19-4-2-3-5-20(19)24-21/h2-9,16H,10-15H2,1H3. The third-order valence-corrected chi connectivity index (χ3v) is 9.72. The number of nitrogens with zero attached hydrogens (tertiary/aromatic N) is 4. The van der Waals surface area contributed by atoms with Crippen LogP contribution < -0.4 is 9.64 Å². The molecule has 0 bridgehead atoms. The average molecular weight is 457 g/mol. The maximum atomic E-state index is 13.4. The van der Waals surface area contributed by atoms with Crippen LogP contribution >= 0.6 is 11.8 Å². The van der Waals surface area contributed by atoms with Crippen LogP contribution in [0.1, 0.15) is 12.8 Å². The first-order valence-corrected chi connectivity index (χ1v) is 12.7. The summed E-state index contributed by atoms with van der Waals surface area (Å²) in [5.41, 5.74) is 1.75. The molecule has 1 aromatic heterocycles. The summed E-state index contributed by atoms with van der Waals surface area (Å²) in [4.78, 5) is 11.4. The van der Waals surface area contributed by atoms with Gasteiger partial charge in [0, 0.05) is 25.4 Å². The fourth-order valence-electron chi connectivity index (χ4n) is 4.39. The number of sulfonamides is 1. The van der Waals surface area contributed by atoms with E-state index in [4.69, 9.17) is 9.72 Å². The summed E-state index contributed by atoms with van der Waals surface area (Å²) in [5.74, 6) is 2.31. The number of rotatable bonds is 4. The lowest BCUT2D eigenvalue weighted by Crippen LogP contribution is -2.52. The van der Waals surface area contributed by atoms with Gasteiger partial charge in [0.25, 0.3) is 0 Å². The number of ether oxygens (including phenoxy) is 1. The lowest BCUT2D eigenvalue weighted by Gasteiger charge is -2.43. The van der Waals surface area contributed by atoms with E-state index in [1.54, 1.807) is 47.4 Å². The summed E-state index contributed by atoms with van der Waals surface area (Å²) in [6, 6.07) is 14.5. The minimum absolute atomic E-state index is 0.318. The van der Waals surface area contributed by atoms with Gasteiger partial charge in [-0.2, -0.15) is 4.31 Å². The number of thioether (sulfide) groups is 1. The van der Waals surface area contributed by atoms with Crippen molar-refractivity contribution in [2.24, 2.45) is 0 Å². The second-order valence-corrected chi connectivity index (χ2v) is 11.1. The van der Waals surface area contributed by atoms with Crippen LogP contribution in [0.3, 0.4) is 0 Å². The number of aromatic nitrogens is 2. The Morgan fingerprint density at radius 1 is 1.00 bits per heavy atom. The van der Waals surface area contributed by atoms with Crippen LogP contribution in [0.15, 0.2) is 59.6 Å². The Morgan fingerprint density at radius 2 is 1.71 bits per heavy atom. The third-order valence-electron chi connectivity index (χ3n) is 6.07. The molecule has 3 heterocycles. The molecule has 2 aromatic carbocycles. The second kappa shape index (κ2) is 7.96. The lowest BCUT2D eigenvalue weighted by molar-refractivity contribution is 0.266. The third kappa shape index (κ3) is 3.64. The van der Waals surface area contributed by atoms with Crippen molar-refractivity contribution in [3.05, 3.63) is 54.7 Å². The molecular formula is C22H24N4O3S2. The fraction of sp³-hybridized carbons (Fsp3) is 0.364. The zero-order chi connectivity index (χ0) is 21.5. The zero-order valence-electron chi connectivity index (χ0n) is 17.3. The summed E-state index contributed by atoms with van der Waals surface area (Å²) in [7, 11) is -2.00. The molecule has 0 unspecified atom stereocenters. The largest absolute Gasteiger partial charge is 0.497 e. The molecule has 0 saturated carbocycles. The van der Waals surface area contributed by atoms with Gasteiger partial charge in [-0.15, -0.1) is 11.8 Å². The van der Waals surface area contributed by atoms with Crippen molar-refractivity contribution in [3.63, 3.8) is 0 Å². The second-order valence-electron chi connectivity index (χ2n) is 7.75. The predicted molar refractivity (Wildman–Crippen MR) is 123 cm³/mol. The van der Waals surface area contributed by atoms with Gasteiger partial charge in [-0.05, 0) is 49.2 Å². The maximum absolute atomic E-state index is 13.4. The molecule has 5 rings (SSSR count). The van der Waals surface area contributed by atoms with Gasteiger partial charge in [0.1, 0.15) is 11.6 Å². The highest BCUT2D eigenvalue weighted by Crippen LogP contribution is 2.47. The molecule has 0 aliphatic carbocycles. The summed E-state index contributed by atoms with van der Waals surface area (Å²) in [6.07, 6.45) is 3.32. The molecule has 0 amide bonds. The van der Waals surface area contributed by atoms with Gasteiger partial charge in [0.05, 0.1) is 34.1 Å². The number of para-hydroxylation sites is 2. The van der Waals surface area contributed by atoms with E-state index in [2.05, 4.69) is 9.88 Å². The van der Waals surface area contributed by atoms with Crippen molar-refractivity contribution in [3.8, 4) is 5.75 Å². The Morgan fingerprint density at radius 3 is 2.42 bits per heavy atom. The number of fused-ring (bicyclic) bond motifs is 1. The lowest BCUT2D eigenvalue weighted by atomic mass is 10.0. The minimum atomic E-state index is -3.57. The minimum Gasteiger partial charge on any atom is -0.497 e. The monoisotopic (exact) mass is 456 g/mol. The van der Waals surface area contributed by atoms with Gasteiger partial charge in [0.2, 0.25) is 10.0 Å². The molecule has 2 aliphatic rings. The highest BCUT2D eigenvalue weighted by atomic mass is 32.2. The molecule has 7 nitrogen and oxygen atoms in total. The Bertz CT molecular complexity index is 1190. The quantitative estimate of drug-likeness (QED) is 0.596. The molecule has 2 saturated heterocycles. The SMILES string of the molecule is COc1ccc(S(=O)(=O)N2CCSC23CCN(c2cnc4ccccc4n2)CC3)cc1.